The molecule has 2 unspecified atom stereocenters. The van der Waals surface area contributed by atoms with Crippen LogP contribution in [0.3, 0.4) is 0 Å². The number of rotatable bonds is 5. The van der Waals surface area contributed by atoms with Crippen LogP contribution in [-0.4, -0.2) is 26.8 Å². The lowest BCUT2D eigenvalue weighted by molar-refractivity contribution is -0.137. The summed E-state index contributed by atoms with van der Waals surface area (Å²) in [5.41, 5.74) is 8.09. The van der Waals surface area contributed by atoms with Gasteiger partial charge in [0.05, 0.1) is 4.88 Å². The van der Waals surface area contributed by atoms with Gasteiger partial charge in [0.15, 0.2) is 3.95 Å². The molecule has 2 aromatic carbocycles. The second kappa shape index (κ2) is 8.43. The Labute approximate surface area is 195 Å². The number of aromatic nitrogens is 1. The highest BCUT2D eigenvalue weighted by atomic mass is 32.1. The number of hydrogen-bond donors (Lipinski definition) is 2. The third kappa shape index (κ3) is 3.69. The molecule has 2 atom stereocenters. The van der Waals surface area contributed by atoms with Gasteiger partial charge in [-0.15, -0.1) is 17.1 Å². The van der Waals surface area contributed by atoms with Crippen LogP contribution in [0.4, 0.5) is 11.4 Å². The molecule has 1 fully saturated rings. The lowest BCUT2D eigenvalue weighted by Gasteiger charge is -2.27. The number of benzene rings is 2. The third-order valence-electron chi connectivity index (χ3n) is 6.21. The highest BCUT2D eigenvalue weighted by molar-refractivity contribution is 7.73. The molecule has 1 aliphatic heterocycles. The summed E-state index contributed by atoms with van der Waals surface area (Å²) < 4.78 is 1.53. The fourth-order valence-corrected chi connectivity index (χ4v) is 6.08. The molecule has 1 aliphatic carbocycles. The first-order valence-corrected chi connectivity index (χ1v) is 11.8. The number of carboxylic acid groups (broad SMARTS) is 1. The molecular weight excluding hydrogens is 440 g/mol. The van der Waals surface area contributed by atoms with E-state index in [0.717, 1.165) is 5.56 Å². The minimum atomic E-state index is -1.05. The number of para-hydroxylation sites is 1. The molecule has 3 aromatic rings. The first-order chi connectivity index (χ1) is 15.5. The number of nitrogens with zero attached hydrogens (tertiary/aromatic N) is 2. The van der Waals surface area contributed by atoms with Crippen LogP contribution in [0.1, 0.15) is 41.2 Å². The van der Waals surface area contributed by atoms with Gasteiger partial charge in [-0.3, -0.25) is 9.36 Å². The first-order valence-electron chi connectivity index (χ1n) is 10.6. The van der Waals surface area contributed by atoms with Crippen LogP contribution >= 0.6 is 23.6 Å². The van der Waals surface area contributed by atoms with Crippen LogP contribution < -0.4 is 4.90 Å². The van der Waals surface area contributed by atoms with Crippen molar-refractivity contribution in [2.24, 2.45) is 0 Å². The summed E-state index contributed by atoms with van der Waals surface area (Å²) in [6.07, 6.45) is 7.19. The summed E-state index contributed by atoms with van der Waals surface area (Å²) in [5.74, 6) is -0.639. The number of fused-ring (bicyclic) bond motifs is 3. The minimum Gasteiger partial charge on any atom is -0.493 e. The van der Waals surface area contributed by atoms with E-state index in [1.54, 1.807) is 6.08 Å². The maximum Gasteiger partial charge on any atom is 0.323 e. The largest absolute Gasteiger partial charge is 0.493 e. The summed E-state index contributed by atoms with van der Waals surface area (Å²) in [7, 11) is 0. The number of aromatic hydroxyl groups is 1. The molecule has 0 saturated heterocycles. The van der Waals surface area contributed by atoms with E-state index in [1.807, 2.05) is 6.08 Å². The van der Waals surface area contributed by atoms with Crippen molar-refractivity contribution in [2.75, 3.05) is 4.90 Å². The smallest absolute Gasteiger partial charge is 0.323 e. The van der Waals surface area contributed by atoms with Crippen LogP contribution in [0.25, 0.3) is 12.2 Å². The molecule has 32 heavy (non-hydrogen) atoms. The van der Waals surface area contributed by atoms with Crippen LogP contribution in [-0.2, 0) is 11.3 Å². The van der Waals surface area contributed by atoms with Gasteiger partial charge in [-0.2, -0.15) is 0 Å². The normalized spacial score (nSPS) is 18.7. The molecule has 1 aromatic heterocycles. The van der Waals surface area contributed by atoms with Crippen molar-refractivity contribution in [3.05, 3.63) is 74.2 Å². The van der Waals surface area contributed by atoms with Crippen LogP contribution in [0.2, 0.25) is 0 Å². The first kappa shape index (κ1) is 20.8. The van der Waals surface area contributed by atoms with Crippen LogP contribution in [0.15, 0.2) is 54.3 Å². The van der Waals surface area contributed by atoms with Gasteiger partial charge in [0.1, 0.15) is 6.54 Å². The zero-order valence-electron chi connectivity index (χ0n) is 17.3. The lowest BCUT2D eigenvalue weighted by atomic mass is 9.96. The molecule has 5 nitrogen and oxygen atoms in total. The van der Waals surface area contributed by atoms with E-state index in [0.29, 0.717) is 20.8 Å². The van der Waals surface area contributed by atoms with E-state index in [1.165, 1.54) is 52.1 Å². The Morgan fingerprint density at radius 3 is 2.78 bits per heavy atom. The van der Waals surface area contributed by atoms with Gasteiger partial charge < -0.3 is 15.1 Å². The van der Waals surface area contributed by atoms with Gasteiger partial charge in [0.25, 0.3) is 0 Å². The zero-order valence-corrected chi connectivity index (χ0v) is 18.9. The van der Waals surface area contributed by atoms with Crippen molar-refractivity contribution >= 4 is 53.1 Å². The molecule has 7 heteroatoms. The molecule has 162 valence electrons. The number of aliphatic carboxylic acids is 1. The van der Waals surface area contributed by atoms with Gasteiger partial charge in [0.2, 0.25) is 5.88 Å². The zero-order chi connectivity index (χ0) is 22.2. The van der Waals surface area contributed by atoms with E-state index in [9.17, 15) is 9.90 Å². The summed E-state index contributed by atoms with van der Waals surface area (Å²) in [4.78, 5) is 14.0. The maximum absolute atomic E-state index is 11.0. The Bertz CT molecular complexity index is 1300. The van der Waals surface area contributed by atoms with Crippen molar-refractivity contribution < 1.29 is 15.0 Å². The van der Waals surface area contributed by atoms with Gasteiger partial charge in [-0.05, 0) is 66.5 Å². The standard InChI is InChI=1S/C25H22N2O3S2/c28-23(29)15-26-24(30)22(32-25(26)31)11-4-6-16-12-13-21-19(14-16)18-9-5-10-20(18)27(21)17-7-2-1-3-8-17/h1-3,6-8,11-14,18,20,30H,5,9-10,15H2,(H,28,29). The Balaban J connectivity index is 1.45. The fraction of sp³-hybridized carbons (Fsp3) is 0.240. The van der Waals surface area contributed by atoms with Crippen molar-refractivity contribution in [3.63, 3.8) is 0 Å². The quantitative estimate of drug-likeness (QED) is 0.350. The monoisotopic (exact) mass is 462 g/mol. The van der Waals surface area contributed by atoms with E-state index in [4.69, 9.17) is 17.3 Å². The Morgan fingerprint density at radius 2 is 2.00 bits per heavy atom. The molecule has 2 heterocycles. The Morgan fingerprint density at radius 1 is 1.19 bits per heavy atom. The SMILES string of the molecule is O=C(O)Cn1c(O)c(C=C=Cc2ccc3c(c2)C2CCCC2N3c2ccccc2)sc1=S. The van der Waals surface area contributed by atoms with Gasteiger partial charge in [-0.25, -0.2) is 0 Å². The number of carboxylic acids is 1. The van der Waals surface area contributed by atoms with E-state index in [-0.39, 0.29) is 12.4 Å². The number of anilines is 2. The highest BCUT2D eigenvalue weighted by Crippen LogP contribution is 2.52. The fourth-order valence-electron chi connectivity index (χ4n) is 4.89. The van der Waals surface area contributed by atoms with Crippen molar-refractivity contribution in [1.29, 1.82) is 0 Å². The number of carbonyl (C=O) groups is 1. The van der Waals surface area contributed by atoms with E-state index >= 15 is 0 Å². The molecule has 0 bridgehead atoms. The van der Waals surface area contributed by atoms with Gasteiger partial charge >= 0.3 is 5.97 Å². The summed E-state index contributed by atoms with van der Waals surface area (Å²) in [6, 6.07) is 17.6. The molecule has 0 radical (unpaired) electrons. The van der Waals surface area contributed by atoms with Crippen molar-refractivity contribution in [1.82, 2.24) is 4.57 Å². The molecule has 2 N–H and O–H groups in total. The number of hydrogen-bond acceptors (Lipinski definition) is 5. The second-order valence-corrected chi connectivity index (χ2v) is 9.80. The predicted octanol–water partition coefficient (Wildman–Crippen LogP) is 6.18. The van der Waals surface area contributed by atoms with Crippen molar-refractivity contribution in [3.8, 4) is 5.88 Å². The molecule has 2 aliphatic rings. The number of thiazole rings is 1. The average Bonchev–Trinajstić information content (AvgIpc) is 3.44. The molecule has 1 saturated carbocycles. The minimum absolute atomic E-state index is 0.135. The van der Waals surface area contributed by atoms with Crippen molar-refractivity contribution in [2.45, 2.75) is 37.8 Å². The summed E-state index contributed by atoms with van der Waals surface area (Å²) in [6.45, 7) is -0.357. The maximum atomic E-state index is 11.0. The molecule has 0 amide bonds. The van der Waals surface area contributed by atoms with Gasteiger partial charge in [-0.1, -0.05) is 30.7 Å². The Hall–Kier alpha value is -3.12. The molecule has 5 rings (SSSR count). The third-order valence-corrected chi connectivity index (χ3v) is 7.59. The van der Waals surface area contributed by atoms with Gasteiger partial charge in [0, 0.05) is 29.4 Å². The average molecular weight is 463 g/mol. The summed E-state index contributed by atoms with van der Waals surface area (Å²) >= 11 is 6.34. The predicted molar refractivity (Wildman–Crippen MR) is 130 cm³/mol. The summed E-state index contributed by atoms with van der Waals surface area (Å²) in [5, 5.41) is 19.2. The van der Waals surface area contributed by atoms with Crippen LogP contribution in [0.5, 0.6) is 5.88 Å². The topological polar surface area (TPSA) is 65.7 Å². The highest BCUT2D eigenvalue weighted by Gasteiger charge is 2.41. The molecular formula is C25H22N2O3S2. The Kier molecular flexibility index (Phi) is 5.47. The second-order valence-electron chi connectivity index (χ2n) is 8.12. The van der Waals surface area contributed by atoms with Crippen LogP contribution in [0, 0.1) is 3.95 Å². The lowest BCUT2D eigenvalue weighted by Crippen LogP contribution is -2.26. The van der Waals surface area contributed by atoms with E-state index in [2.05, 4.69) is 59.2 Å². The molecule has 0 spiro atoms. The van der Waals surface area contributed by atoms with E-state index < -0.39 is 5.97 Å².